The zero-order chi connectivity index (χ0) is 13.0. The minimum absolute atomic E-state index is 0.0294. The van der Waals surface area contributed by atoms with E-state index in [9.17, 15) is 9.18 Å². The molecular weight excluding hydrogens is 221 g/mol. The molecule has 1 aromatic rings. The van der Waals surface area contributed by atoms with Gasteiger partial charge in [0.25, 0.3) is 5.91 Å². The highest BCUT2D eigenvalue weighted by Gasteiger charge is 2.18. The van der Waals surface area contributed by atoms with E-state index in [0.717, 1.165) is 0 Å². The van der Waals surface area contributed by atoms with Gasteiger partial charge < -0.3 is 10.0 Å². The normalized spacial score (nSPS) is 10.7. The monoisotopic (exact) mass is 239 g/mol. The van der Waals surface area contributed by atoms with Crippen molar-refractivity contribution < 1.29 is 14.3 Å². The summed E-state index contributed by atoms with van der Waals surface area (Å²) in [5.74, 6) is -0.669. The molecule has 0 bridgehead atoms. The first kappa shape index (κ1) is 13.6. The van der Waals surface area contributed by atoms with Gasteiger partial charge in [-0.2, -0.15) is 0 Å². The van der Waals surface area contributed by atoms with Crippen LogP contribution in [0.5, 0.6) is 0 Å². The third-order valence-corrected chi connectivity index (χ3v) is 2.51. The topological polar surface area (TPSA) is 40.5 Å². The molecule has 0 aliphatic carbocycles. The van der Waals surface area contributed by atoms with Gasteiger partial charge in [0, 0.05) is 18.2 Å². The molecule has 1 aromatic carbocycles. The number of halogens is 1. The molecule has 0 saturated carbocycles. The lowest BCUT2D eigenvalue weighted by Crippen LogP contribution is -2.39. The number of carbonyl (C=O) groups is 1. The largest absolute Gasteiger partial charge is 0.395 e. The first-order valence-corrected chi connectivity index (χ1v) is 5.64. The van der Waals surface area contributed by atoms with E-state index in [1.807, 2.05) is 13.8 Å². The van der Waals surface area contributed by atoms with Crippen molar-refractivity contribution >= 4 is 5.91 Å². The van der Waals surface area contributed by atoms with Gasteiger partial charge in [0.05, 0.1) is 6.61 Å². The van der Waals surface area contributed by atoms with Crippen LogP contribution < -0.4 is 0 Å². The van der Waals surface area contributed by atoms with Gasteiger partial charge in [-0.05, 0) is 44.5 Å². The maximum absolute atomic E-state index is 13.2. The number of amides is 1. The predicted molar refractivity (Wildman–Crippen MR) is 64.4 cm³/mol. The highest BCUT2D eigenvalue weighted by Crippen LogP contribution is 2.12. The van der Waals surface area contributed by atoms with E-state index >= 15 is 0 Å². The Labute approximate surface area is 101 Å². The van der Waals surface area contributed by atoms with Crippen LogP contribution in [-0.2, 0) is 0 Å². The van der Waals surface area contributed by atoms with Gasteiger partial charge in [0.2, 0.25) is 0 Å². The minimum atomic E-state index is -0.416. The number of hydrogen-bond donors (Lipinski definition) is 1. The molecule has 0 atom stereocenters. The van der Waals surface area contributed by atoms with Crippen molar-refractivity contribution in [3.63, 3.8) is 0 Å². The lowest BCUT2D eigenvalue weighted by molar-refractivity contribution is 0.0665. The Bertz CT molecular complexity index is 384. The van der Waals surface area contributed by atoms with Crippen LogP contribution >= 0.6 is 0 Å². The second-order valence-corrected chi connectivity index (χ2v) is 4.33. The van der Waals surface area contributed by atoms with Crippen LogP contribution in [0.3, 0.4) is 0 Å². The molecule has 0 spiro atoms. The van der Waals surface area contributed by atoms with Gasteiger partial charge in [-0.1, -0.05) is 0 Å². The summed E-state index contributed by atoms with van der Waals surface area (Å²) in [5.41, 5.74) is 1.03. The molecule has 0 fully saturated rings. The summed E-state index contributed by atoms with van der Waals surface area (Å²) in [6.07, 6.45) is 0. The zero-order valence-electron chi connectivity index (χ0n) is 10.4. The molecular formula is C13H18FNO2. The maximum atomic E-state index is 13.2. The van der Waals surface area contributed by atoms with E-state index in [2.05, 4.69) is 0 Å². The summed E-state index contributed by atoms with van der Waals surface area (Å²) in [6.45, 7) is 5.62. The van der Waals surface area contributed by atoms with Crippen molar-refractivity contribution in [2.45, 2.75) is 26.8 Å². The van der Waals surface area contributed by atoms with Gasteiger partial charge in [0.1, 0.15) is 5.82 Å². The maximum Gasteiger partial charge on any atom is 0.254 e. The summed E-state index contributed by atoms with van der Waals surface area (Å²) < 4.78 is 13.2. The lowest BCUT2D eigenvalue weighted by Gasteiger charge is -2.26. The molecule has 0 radical (unpaired) electrons. The van der Waals surface area contributed by atoms with Crippen molar-refractivity contribution in [2.24, 2.45) is 0 Å². The summed E-state index contributed by atoms with van der Waals surface area (Å²) in [6, 6.07) is 4.22. The third kappa shape index (κ3) is 3.53. The Kier molecular flexibility index (Phi) is 4.63. The summed E-state index contributed by atoms with van der Waals surface area (Å²) >= 11 is 0. The Morgan fingerprint density at radius 3 is 2.53 bits per heavy atom. The molecule has 0 heterocycles. The molecule has 0 aromatic heterocycles. The first-order valence-electron chi connectivity index (χ1n) is 5.64. The van der Waals surface area contributed by atoms with Gasteiger partial charge in [-0.15, -0.1) is 0 Å². The molecule has 1 amide bonds. The Morgan fingerprint density at radius 1 is 1.41 bits per heavy atom. The van der Waals surface area contributed by atoms with Crippen LogP contribution in [0.15, 0.2) is 18.2 Å². The molecule has 1 N–H and O–H groups in total. The molecule has 0 saturated heterocycles. The van der Waals surface area contributed by atoms with Crippen LogP contribution in [0.2, 0.25) is 0 Å². The second-order valence-electron chi connectivity index (χ2n) is 4.33. The number of aryl methyl sites for hydroxylation is 1. The molecule has 1 rings (SSSR count). The van der Waals surface area contributed by atoms with E-state index in [-0.39, 0.29) is 25.1 Å². The van der Waals surface area contributed by atoms with E-state index < -0.39 is 5.82 Å². The molecule has 0 aliphatic heterocycles. The zero-order valence-corrected chi connectivity index (χ0v) is 10.4. The Balaban J connectivity index is 3.00. The number of carbonyl (C=O) groups excluding carboxylic acids is 1. The Hall–Kier alpha value is -1.42. The van der Waals surface area contributed by atoms with Crippen molar-refractivity contribution in [1.82, 2.24) is 4.90 Å². The SMILES string of the molecule is Cc1cc(F)cc(C(=O)N(CCO)C(C)C)c1. The first-order chi connectivity index (χ1) is 7.95. The van der Waals surface area contributed by atoms with E-state index in [4.69, 9.17) is 5.11 Å². The number of aliphatic hydroxyl groups is 1. The van der Waals surface area contributed by atoms with Crippen LogP contribution in [0, 0.1) is 12.7 Å². The molecule has 4 heteroatoms. The van der Waals surface area contributed by atoms with Crippen LogP contribution in [0.25, 0.3) is 0 Å². The Morgan fingerprint density at radius 2 is 2.06 bits per heavy atom. The quantitative estimate of drug-likeness (QED) is 0.872. The fraction of sp³-hybridized carbons (Fsp3) is 0.462. The fourth-order valence-electron chi connectivity index (χ4n) is 1.73. The number of aliphatic hydroxyl groups excluding tert-OH is 1. The molecule has 0 unspecified atom stereocenters. The third-order valence-electron chi connectivity index (χ3n) is 2.51. The van der Waals surface area contributed by atoms with Crippen LogP contribution in [0.4, 0.5) is 4.39 Å². The number of rotatable bonds is 4. The minimum Gasteiger partial charge on any atom is -0.395 e. The van der Waals surface area contributed by atoms with Crippen molar-refractivity contribution in [3.8, 4) is 0 Å². The summed E-state index contributed by atoms with van der Waals surface area (Å²) in [5, 5.41) is 8.92. The van der Waals surface area contributed by atoms with Gasteiger partial charge >= 0.3 is 0 Å². The predicted octanol–water partition coefficient (Wildman–Crippen LogP) is 1.98. The fourth-order valence-corrected chi connectivity index (χ4v) is 1.73. The van der Waals surface area contributed by atoms with E-state index in [1.165, 1.54) is 17.0 Å². The molecule has 3 nitrogen and oxygen atoms in total. The average molecular weight is 239 g/mol. The summed E-state index contributed by atoms with van der Waals surface area (Å²) in [7, 11) is 0. The lowest BCUT2D eigenvalue weighted by atomic mass is 10.1. The van der Waals surface area contributed by atoms with Gasteiger partial charge in [0.15, 0.2) is 0 Å². The highest BCUT2D eigenvalue weighted by molar-refractivity contribution is 5.94. The molecule has 17 heavy (non-hydrogen) atoms. The van der Waals surface area contributed by atoms with Crippen molar-refractivity contribution in [2.75, 3.05) is 13.2 Å². The highest BCUT2D eigenvalue weighted by atomic mass is 19.1. The van der Waals surface area contributed by atoms with Crippen LogP contribution in [-0.4, -0.2) is 35.1 Å². The summed E-state index contributed by atoms with van der Waals surface area (Å²) in [4.78, 5) is 13.7. The van der Waals surface area contributed by atoms with E-state index in [0.29, 0.717) is 11.1 Å². The second kappa shape index (κ2) is 5.77. The number of benzene rings is 1. The molecule has 0 aliphatic rings. The van der Waals surface area contributed by atoms with Crippen molar-refractivity contribution in [3.05, 3.63) is 35.1 Å². The van der Waals surface area contributed by atoms with Gasteiger partial charge in [-0.25, -0.2) is 4.39 Å². The van der Waals surface area contributed by atoms with E-state index in [1.54, 1.807) is 13.0 Å². The standard InChI is InChI=1S/C13H18FNO2/c1-9(2)15(4-5-16)13(17)11-6-10(3)7-12(14)8-11/h6-9,16H,4-5H2,1-3H3. The average Bonchev–Trinajstić information content (AvgIpc) is 2.23. The van der Waals surface area contributed by atoms with Gasteiger partial charge in [-0.3, -0.25) is 4.79 Å². The van der Waals surface area contributed by atoms with Crippen LogP contribution in [0.1, 0.15) is 29.8 Å². The number of hydrogen-bond acceptors (Lipinski definition) is 2. The molecule has 94 valence electrons. The smallest absolute Gasteiger partial charge is 0.254 e. The number of nitrogens with zero attached hydrogens (tertiary/aromatic N) is 1. The van der Waals surface area contributed by atoms with Crippen molar-refractivity contribution in [1.29, 1.82) is 0 Å².